The van der Waals surface area contributed by atoms with E-state index in [0.29, 0.717) is 5.69 Å². The first kappa shape index (κ1) is 19.1. The molecule has 0 saturated heterocycles. The lowest BCUT2D eigenvalue weighted by Gasteiger charge is -2.28. The molecule has 154 valence electrons. The largest absolute Gasteiger partial charge is 0.360 e. The SMILES string of the molecule is [C-]#[N+]c1ccc(N2CC(CC)c3onc(C)c3-c3ccc(-c4cnn(C)c4)cc32)cc1. The van der Waals surface area contributed by atoms with Crippen molar-refractivity contribution in [3.05, 3.63) is 77.7 Å². The molecule has 0 amide bonds. The first-order valence-electron chi connectivity index (χ1n) is 10.4. The van der Waals surface area contributed by atoms with Crippen LogP contribution in [0, 0.1) is 13.5 Å². The lowest BCUT2D eigenvalue weighted by atomic mass is 9.95. The van der Waals surface area contributed by atoms with Crippen LogP contribution in [0.4, 0.5) is 17.1 Å². The number of aromatic nitrogens is 3. The van der Waals surface area contributed by atoms with Gasteiger partial charge >= 0.3 is 0 Å². The van der Waals surface area contributed by atoms with Crippen LogP contribution in [0.3, 0.4) is 0 Å². The van der Waals surface area contributed by atoms with Gasteiger partial charge in [-0.2, -0.15) is 5.10 Å². The molecule has 6 nitrogen and oxygen atoms in total. The van der Waals surface area contributed by atoms with Gasteiger partial charge < -0.3 is 9.42 Å². The van der Waals surface area contributed by atoms with Crippen LogP contribution in [-0.4, -0.2) is 21.5 Å². The van der Waals surface area contributed by atoms with Crippen LogP contribution in [0.25, 0.3) is 27.1 Å². The second-order valence-corrected chi connectivity index (χ2v) is 7.99. The highest BCUT2D eigenvalue weighted by Gasteiger charge is 2.32. The van der Waals surface area contributed by atoms with Crippen molar-refractivity contribution in [2.75, 3.05) is 11.4 Å². The summed E-state index contributed by atoms with van der Waals surface area (Å²) in [4.78, 5) is 5.88. The highest BCUT2D eigenvalue weighted by atomic mass is 16.5. The number of anilines is 2. The second kappa shape index (κ2) is 7.44. The van der Waals surface area contributed by atoms with Crippen LogP contribution in [0.1, 0.15) is 30.7 Å². The fourth-order valence-corrected chi connectivity index (χ4v) is 4.38. The Labute approximate surface area is 181 Å². The zero-order valence-electron chi connectivity index (χ0n) is 17.8. The van der Waals surface area contributed by atoms with Crippen molar-refractivity contribution in [2.45, 2.75) is 26.2 Å². The minimum absolute atomic E-state index is 0.214. The Balaban J connectivity index is 1.74. The van der Waals surface area contributed by atoms with Gasteiger partial charge in [0, 0.05) is 53.8 Å². The Morgan fingerprint density at radius 1 is 1.16 bits per heavy atom. The molecule has 1 aliphatic rings. The van der Waals surface area contributed by atoms with E-state index >= 15 is 0 Å². The molecule has 5 rings (SSSR count). The maximum Gasteiger partial charge on any atom is 0.187 e. The summed E-state index contributed by atoms with van der Waals surface area (Å²) in [5, 5.41) is 8.64. The molecule has 0 aliphatic carbocycles. The summed E-state index contributed by atoms with van der Waals surface area (Å²) in [6.07, 6.45) is 4.86. The Morgan fingerprint density at radius 3 is 2.65 bits per heavy atom. The van der Waals surface area contributed by atoms with Gasteiger partial charge in [0.2, 0.25) is 0 Å². The van der Waals surface area contributed by atoms with Gasteiger partial charge in [-0.05, 0) is 37.1 Å². The van der Waals surface area contributed by atoms with Crippen molar-refractivity contribution in [2.24, 2.45) is 7.05 Å². The molecule has 6 heteroatoms. The van der Waals surface area contributed by atoms with Crippen molar-refractivity contribution in [1.29, 1.82) is 0 Å². The van der Waals surface area contributed by atoms with E-state index in [1.807, 2.05) is 55.3 Å². The summed E-state index contributed by atoms with van der Waals surface area (Å²) < 4.78 is 7.65. The number of nitrogens with zero attached hydrogens (tertiary/aromatic N) is 5. The third-order valence-electron chi connectivity index (χ3n) is 6.04. The Bertz CT molecular complexity index is 1290. The van der Waals surface area contributed by atoms with Gasteiger partial charge in [0.05, 0.1) is 18.5 Å². The zero-order valence-corrected chi connectivity index (χ0v) is 17.8. The lowest BCUT2D eigenvalue weighted by molar-refractivity contribution is 0.356. The van der Waals surface area contributed by atoms with Crippen LogP contribution in [0.5, 0.6) is 0 Å². The average Bonchev–Trinajstić information content (AvgIpc) is 3.36. The number of benzene rings is 2. The normalized spacial score (nSPS) is 15.2. The van der Waals surface area contributed by atoms with Crippen molar-refractivity contribution >= 4 is 17.1 Å². The summed E-state index contributed by atoms with van der Waals surface area (Å²) in [6.45, 7) is 12.2. The molecular formula is C25H23N5O. The molecule has 1 atom stereocenters. The van der Waals surface area contributed by atoms with Crippen LogP contribution >= 0.6 is 0 Å². The highest BCUT2D eigenvalue weighted by Crippen LogP contribution is 2.47. The first-order chi connectivity index (χ1) is 15.1. The van der Waals surface area contributed by atoms with Crippen molar-refractivity contribution < 1.29 is 4.52 Å². The van der Waals surface area contributed by atoms with Gasteiger partial charge in [-0.1, -0.05) is 36.3 Å². The van der Waals surface area contributed by atoms with Crippen LogP contribution in [0.15, 0.2) is 59.4 Å². The summed E-state index contributed by atoms with van der Waals surface area (Å²) >= 11 is 0. The number of fused-ring (bicyclic) bond motifs is 3. The van der Waals surface area contributed by atoms with E-state index in [2.05, 4.69) is 45.1 Å². The standard InChI is InChI=1S/C25H23N5O/c1-5-17-15-30(21-9-7-20(26-3)8-10-21)23-12-18(19-13-27-29(4)14-19)6-11-22(23)24-16(2)28-31-25(17)24/h6-14,17H,5,15H2,1-2,4H3. The quantitative estimate of drug-likeness (QED) is 0.376. The first-order valence-corrected chi connectivity index (χ1v) is 10.4. The van der Waals surface area contributed by atoms with Gasteiger partial charge in [0.15, 0.2) is 5.69 Å². The maximum atomic E-state index is 7.27. The molecule has 4 aromatic rings. The monoisotopic (exact) mass is 409 g/mol. The third-order valence-corrected chi connectivity index (χ3v) is 6.04. The van der Waals surface area contributed by atoms with Gasteiger partial charge in [-0.15, -0.1) is 0 Å². The zero-order chi connectivity index (χ0) is 21.5. The predicted octanol–water partition coefficient (Wildman–Crippen LogP) is 6.25. The molecule has 3 heterocycles. The Morgan fingerprint density at radius 2 is 1.97 bits per heavy atom. The number of hydrogen-bond donors (Lipinski definition) is 0. The lowest BCUT2D eigenvalue weighted by Crippen LogP contribution is -2.22. The fourth-order valence-electron chi connectivity index (χ4n) is 4.38. The Hall–Kier alpha value is -3.85. The van der Waals surface area contributed by atoms with Gasteiger partial charge in [0.1, 0.15) is 5.76 Å². The number of hydrogen-bond acceptors (Lipinski definition) is 4. The minimum Gasteiger partial charge on any atom is -0.360 e. The van der Waals surface area contributed by atoms with E-state index in [1.54, 1.807) is 0 Å². The molecule has 2 aromatic carbocycles. The smallest absolute Gasteiger partial charge is 0.187 e. The van der Waals surface area contributed by atoms with E-state index in [-0.39, 0.29) is 5.92 Å². The molecule has 0 N–H and O–H groups in total. The van der Waals surface area contributed by atoms with E-state index < -0.39 is 0 Å². The third kappa shape index (κ3) is 3.19. The molecule has 0 radical (unpaired) electrons. The van der Waals surface area contributed by atoms with Crippen LogP contribution < -0.4 is 4.90 Å². The molecule has 0 spiro atoms. The van der Waals surface area contributed by atoms with Crippen molar-refractivity contribution in [3.8, 4) is 22.3 Å². The molecular weight excluding hydrogens is 386 g/mol. The summed E-state index contributed by atoms with van der Waals surface area (Å²) in [6, 6.07) is 14.3. The average molecular weight is 409 g/mol. The summed E-state index contributed by atoms with van der Waals surface area (Å²) in [5.74, 6) is 1.17. The molecule has 2 aromatic heterocycles. The minimum atomic E-state index is 0.214. The predicted molar refractivity (Wildman–Crippen MR) is 122 cm³/mol. The molecule has 31 heavy (non-hydrogen) atoms. The van der Waals surface area contributed by atoms with Crippen LogP contribution in [0.2, 0.25) is 0 Å². The van der Waals surface area contributed by atoms with E-state index in [4.69, 9.17) is 11.1 Å². The molecule has 1 unspecified atom stereocenters. The number of aryl methyl sites for hydroxylation is 2. The van der Waals surface area contributed by atoms with Gasteiger partial charge in [-0.25, -0.2) is 4.85 Å². The van der Waals surface area contributed by atoms with E-state index in [9.17, 15) is 0 Å². The second-order valence-electron chi connectivity index (χ2n) is 7.99. The molecule has 0 saturated carbocycles. The molecule has 0 fully saturated rings. The Kier molecular flexibility index (Phi) is 4.59. The highest BCUT2D eigenvalue weighted by molar-refractivity contribution is 5.89. The van der Waals surface area contributed by atoms with Gasteiger partial charge in [-0.3, -0.25) is 4.68 Å². The fraction of sp³-hybridized carbons (Fsp3) is 0.240. The molecule has 1 aliphatic heterocycles. The van der Waals surface area contributed by atoms with E-state index in [1.165, 1.54) is 0 Å². The number of rotatable bonds is 3. The summed E-state index contributed by atoms with van der Waals surface area (Å²) in [7, 11) is 1.93. The van der Waals surface area contributed by atoms with Crippen molar-refractivity contribution in [3.63, 3.8) is 0 Å². The topological polar surface area (TPSA) is 51.5 Å². The van der Waals surface area contributed by atoms with E-state index in [0.717, 1.165) is 58.0 Å². The summed E-state index contributed by atoms with van der Waals surface area (Å²) in [5.41, 5.74) is 8.13. The van der Waals surface area contributed by atoms with Crippen molar-refractivity contribution in [1.82, 2.24) is 14.9 Å². The maximum absolute atomic E-state index is 7.27. The van der Waals surface area contributed by atoms with Crippen LogP contribution in [-0.2, 0) is 7.05 Å². The molecule has 0 bridgehead atoms. The van der Waals surface area contributed by atoms with Gasteiger partial charge in [0.25, 0.3) is 0 Å².